The molecule has 1 aliphatic rings. The van der Waals surface area contributed by atoms with Crippen LogP contribution >= 0.6 is 15.9 Å². The van der Waals surface area contributed by atoms with Crippen molar-refractivity contribution in [2.24, 2.45) is 11.8 Å². The topological polar surface area (TPSA) is 9.23 Å². The van der Waals surface area contributed by atoms with E-state index in [1.807, 2.05) is 30.3 Å². The zero-order valence-electron chi connectivity index (χ0n) is 8.70. The molecule has 1 aromatic carbocycles. The van der Waals surface area contributed by atoms with E-state index in [9.17, 15) is 8.78 Å². The second-order valence-corrected chi connectivity index (χ2v) is 4.69. The minimum atomic E-state index is -2.54. The van der Waals surface area contributed by atoms with Crippen molar-refractivity contribution in [1.29, 1.82) is 0 Å². The van der Waals surface area contributed by atoms with E-state index in [4.69, 9.17) is 4.74 Å². The van der Waals surface area contributed by atoms with Crippen LogP contribution in [0.3, 0.4) is 0 Å². The summed E-state index contributed by atoms with van der Waals surface area (Å²) in [5.74, 6) is -3.71. The molecule has 0 radical (unpaired) electrons. The van der Waals surface area contributed by atoms with E-state index in [2.05, 4.69) is 15.9 Å². The van der Waals surface area contributed by atoms with Gasteiger partial charge in [0.1, 0.15) is 0 Å². The van der Waals surface area contributed by atoms with Gasteiger partial charge < -0.3 is 4.74 Å². The molecule has 0 amide bonds. The summed E-state index contributed by atoms with van der Waals surface area (Å²) in [7, 11) is 0. The summed E-state index contributed by atoms with van der Waals surface area (Å²) in [5, 5.41) is 0.347. The second kappa shape index (κ2) is 4.80. The summed E-state index contributed by atoms with van der Waals surface area (Å²) >= 11 is 3.09. The second-order valence-electron chi connectivity index (χ2n) is 4.04. The maximum Gasteiger partial charge on any atom is 0.257 e. The van der Waals surface area contributed by atoms with Gasteiger partial charge in [0.15, 0.2) is 0 Å². The van der Waals surface area contributed by atoms with Crippen LogP contribution in [-0.4, -0.2) is 17.9 Å². The monoisotopic (exact) mass is 290 g/mol. The standard InChI is InChI=1S/C12H13BrF2O/c13-6-10-11(12(10,14)15)8-16-7-9-4-2-1-3-5-9/h1-5,10-11H,6-8H2. The zero-order chi connectivity index (χ0) is 11.6. The van der Waals surface area contributed by atoms with Crippen molar-refractivity contribution in [3.05, 3.63) is 35.9 Å². The minimum absolute atomic E-state index is 0.137. The van der Waals surface area contributed by atoms with Gasteiger partial charge in [-0.2, -0.15) is 0 Å². The van der Waals surface area contributed by atoms with Gasteiger partial charge in [0.2, 0.25) is 0 Å². The zero-order valence-corrected chi connectivity index (χ0v) is 10.3. The molecular formula is C12H13BrF2O. The van der Waals surface area contributed by atoms with Gasteiger partial charge in [-0.3, -0.25) is 0 Å². The minimum Gasteiger partial charge on any atom is -0.376 e. The van der Waals surface area contributed by atoms with Crippen LogP contribution < -0.4 is 0 Å². The number of ether oxygens (including phenoxy) is 1. The summed E-state index contributed by atoms with van der Waals surface area (Å²) in [5.41, 5.74) is 1.02. The lowest BCUT2D eigenvalue weighted by atomic mass is 10.2. The van der Waals surface area contributed by atoms with Gasteiger partial charge in [-0.1, -0.05) is 46.3 Å². The van der Waals surface area contributed by atoms with Gasteiger partial charge in [0, 0.05) is 11.2 Å². The number of hydrogen-bond donors (Lipinski definition) is 0. The van der Waals surface area contributed by atoms with Crippen LogP contribution in [0.15, 0.2) is 30.3 Å². The molecular weight excluding hydrogens is 278 g/mol. The number of hydrogen-bond acceptors (Lipinski definition) is 1. The Morgan fingerprint density at radius 3 is 2.44 bits per heavy atom. The quantitative estimate of drug-likeness (QED) is 0.755. The highest BCUT2D eigenvalue weighted by atomic mass is 79.9. The molecule has 16 heavy (non-hydrogen) atoms. The molecule has 2 unspecified atom stereocenters. The smallest absolute Gasteiger partial charge is 0.257 e. The highest BCUT2D eigenvalue weighted by molar-refractivity contribution is 9.09. The fourth-order valence-corrected chi connectivity index (χ4v) is 2.66. The Hall–Kier alpha value is -0.480. The first-order chi connectivity index (χ1) is 7.66. The predicted octanol–water partition coefficient (Wildman–Crippen LogP) is 3.48. The summed E-state index contributed by atoms with van der Waals surface area (Å²) in [4.78, 5) is 0. The van der Waals surface area contributed by atoms with E-state index in [0.29, 0.717) is 11.9 Å². The van der Waals surface area contributed by atoms with Crippen molar-refractivity contribution in [2.75, 3.05) is 11.9 Å². The lowest BCUT2D eigenvalue weighted by molar-refractivity contribution is 0.0468. The molecule has 0 heterocycles. The number of alkyl halides is 3. The van der Waals surface area contributed by atoms with Gasteiger partial charge >= 0.3 is 0 Å². The van der Waals surface area contributed by atoms with Crippen molar-refractivity contribution >= 4 is 15.9 Å². The Morgan fingerprint density at radius 2 is 1.88 bits per heavy atom. The third-order valence-electron chi connectivity index (χ3n) is 2.94. The average molecular weight is 291 g/mol. The number of benzene rings is 1. The molecule has 0 aromatic heterocycles. The molecule has 0 N–H and O–H groups in total. The first-order valence-electron chi connectivity index (χ1n) is 5.21. The van der Waals surface area contributed by atoms with Crippen LogP contribution in [0.2, 0.25) is 0 Å². The normalized spacial score (nSPS) is 26.7. The lowest BCUT2D eigenvalue weighted by Gasteiger charge is -2.03. The third-order valence-corrected chi connectivity index (χ3v) is 3.64. The van der Waals surface area contributed by atoms with Crippen LogP contribution in [0.5, 0.6) is 0 Å². The van der Waals surface area contributed by atoms with E-state index >= 15 is 0 Å². The van der Waals surface area contributed by atoms with E-state index in [-0.39, 0.29) is 6.61 Å². The summed E-state index contributed by atoms with van der Waals surface area (Å²) in [6, 6.07) is 9.58. The van der Waals surface area contributed by atoms with Gasteiger partial charge in [-0.25, -0.2) is 8.78 Å². The van der Waals surface area contributed by atoms with Crippen molar-refractivity contribution in [1.82, 2.24) is 0 Å². The highest BCUT2D eigenvalue weighted by Gasteiger charge is 2.67. The van der Waals surface area contributed by atoms with Crippen LogP contribution in [-0.2, 0) is 11.3 Å². The highest BCUT2D eigenvalue weighted by Crippen LogP contribution is 2.55. The van der Waals surface area contributed by atoms with Crippen LogP contribution in [0.25, 0.3) is 0 Å². The Kier molecular flexibility index (Phi) is 3.60. The molecule has 0 spiro atoms. The van der Waals surface area contributed by atoms with E-state index in [1.165, 1.54) is 0 Å². The van der Waals surface area contributed by atoms with Crippen LogP contribution in [0, 0.1) is 11.8 Å². The molecule has 0 aliphatic heterocycles. The fourth-order valence-electron chi connectivity index (χ4n) is 1.78. The predicted molar refractivity (Wildman–Crippen MR) is 61.8 cm³/mol. The van der Waals surface area contributed by atoms with Crippen molar-refractivity contribution in [3.63, 3.8) is 0 Å². The first kappa shape index (κ1) is 12.0. The van der Waals surface area contributed by atoms with Crippen molar-refractivity contribution in [2.45, 2.75) is 12.5 Å². The van der Waals surface area contributed by atoms with Crippen LogP contribution in [0.4, 0.5) is 8.78 Å². The van der Waals surface area contributed by atoms with Crippen molar-refractivity contribution < 1.29 is 13.5 Å². The third kappa shape index (κ3) is 2.43. The Balaban J connectivity index is 1.74. The maximum absolute atomic E-state index is 13.1. The van der Waals surface area contributed by atoms with Crippen LogP contribution in [0.1, 0.15) is 5.56 Å². The van der Waals surface area contributed by atoms with Crippen molar-refractivity contribution in [3.8, 4) is 0 Å². The molecule has 88 valence electrons. The summed E-state index contributed by atoms with van der Waals surface area (Å²) in [6.07, 6.45) is 0. The van der Waals surface area contributed by atoms with E-state index in [0.717, 1.165) is 5.56 Å². The molecule has 1 fully saturated rings. The SMILES string of the molecule is FC1(F)C(CBr)C1COCc1ccccc1. The Morgan fingerprint density at radius 1 is 1.19 bits per heavy atom. The number of halogens is 3. The summed E-state index contributed by atoms with van der Waals surface area (Å²) in [6.45, 7) is 0.542. The van der Waals surface area contributed by atoms with Gasteiger partial charge in [0.25, 0.3) is 5.92 Å². The number of rotatable bonds is 5. The maximum atomic E-state index is 13.1. The Bertz CT molecular complexity index is 342. The van der Waals surface area contributed by atoms with E-state index in [1.54, 1.807) is 0 Å². The molecule has 1 aromatic rings. The average Bonchev–Trinajstić information content (AvgIpc) is 2.81. The molecule has 0 bridgehead atoms. The molecule has 2 rings (SSSR count). The van der Waals surface area contributed by atoms with E-state index < -0.39 is 17.8 Å². The molecule has 2 atom stereocenters. The summed E-state index contributed by atoms with van der Waals surface area (Å²) < 4.78 is 31.5. The lowest BCUT2D eigenvalue weighted by Crippen LogP contribution is -2.03. The molecule has 1 nitrogen and oxygen atoms in total. The molecule has 4 heteroatoms. The van der Waals surface area contributed by atoms with Gasteiger partial charge in [-0.05, 0) is 5.56 Å². The molecule has 1 aliphatic carbocycles. The molecule has 0 saturated heterocycles. The molecule has 1 saturated carbocycles. The van der Waals surface area contributed by atoms with Gasteiger partial charge in [-0.15, -0.1) is 0 Å². The first-order valence-corrected chi connectivity index (χ1v) is 6.34. The van der Waals surface area contributed by atoms with Gasteiger partial charge in [0.05, 0.1) is 19.1 Å². The Labute approximate surface area is 102 Å². The largest absolute Gasteiger partial charge is 0.376 e. The fraction of sp³-hybridized carbons (Fsp3) is 0.500.